The summed E-state index contributed by atoms with van der Waals surface area (Å²) in [4.78, 5) is 9.20. The van der Waals surface area contributed by atoms with Crippen LogP contribution in [-0.4, -0.2) is 22.3 Å². The fraction of sp³-hybridized carbons (Fsp3) is 0.444. The molecule has 3 nitrogen and oxygen atoms in total. The Balaban J connectivity index is 2.48. The highest BCUT2D eigenvalue weighted by Crippen LogP contribution is 2.37. The number of halogens is 4. The fourth-order valence-electron chi connectivity index (χ4n) is 2.56. The smallest absolute Gasteiger partial charge is 0.365 e. The Bertz CT molecular complexity index is 777. The quantitative estimate of drug-likeness (QED) is 0.562. The molecule has 1 aromatic heterocycles. The first-order chi connectivity index (χ1) is 12.2. The molecule has 0 aliphatic carbocycles. The van der Waals surface area contributed by atoms with Gasteiger partial charge in [-0.1, -0.05) is 31.5 Å². The molecule has 8 heteroatoms. The number of aromatic nitrogens is 2. The van der Waals surface area contributed by atoms with Crippen molar-refractivity contribution < 1.29 is 13.2 Å². The molecule has 26 heavy (non-hydrogen) atoms. The molecule has 1 N–H and O–H groups in total. The molecule has 2 rings (SSSR count). The van der Waals surface area contributed by atoms with Crippen LogP contribution in [0.1, 0.15) is 37.9 Å². The SMILES string of the molecule is CCC(CC)Nc1nc(C)c(-c2ccc(C(F)(F)F)cc2Cl)nc1SC. The van der Waals surface area contributed by atoms with Gasteiger partial charge in [-0.05, 0) is 38.2 Å². The second kappa shape index (κ2) is 8.48. The number of nitrogens with zero attached hydrogens (tertiary/aromatic N) is 2. The minimum Gasteiger partial charge on any atom is -0.365 e. The molecular weight excluding hydrogens is 383 g/mol. The molecule has 142 valence electrons. The summed E-state index contributed by atoms with van der Waals surface area (Å²) in [5.74, 6) is 0.690. The Morgan fingerprint density at radius 2 is 1.85 bits per heavy atom. The van der Waals surface area contributed by atoms with Gasteiger partial charge in [-0.3, -0.25) is 0 Å². The molecule has 0 spiro atoms. The van der Waals surface area contributed by atoms with Crippen LogP contribution >= 0.6 is 23.4 Å². The molecule has 1 aromatic carbocycles. The standard InChI is InChI=1S/C18H21ClF3N3S/c1-5-12(6-2)24-16-17(26-4)25-15(10(3)23-16)13-8-7-11(9-14(13)19)18(20,21)22/h7-9,12H,5-6H2,1-4H3,(H,23,24). The van der Waals surface area contributed by atoms with Crippen LogP contribution in [0.4, 0.5) is 19.0 Å². The Labute approximate surface area is 160 Å². The van der Waals surface area contributed by atoms with Crippen LogP contribution < -0.4 is 5.32 Å². The highest BCUT2D eigenvalue weighted by atomic mass is 35.5. The van der Waals surface area contributed by atoms with Crippen molar-refractivity contribution in [3.05, 3.63) is 34.5 Å². The number of aryl methyl sites for hydroxylation is 1. The number of thioether (sulfide) groups is 1. The maximum absolute atomic E-state index is 12.8. The second-order valence-electron chi connectivity index (χ2n) is 5.87. The van der Waals surface area contributed by atoms with Gasteiger partial charge in [0.15, 0.2) is 5.82 Å². The highest BCUT2D eigenvalue weighted by molar-refractivity contribution is 7.98. The summed E-state index contributed by atoms with van der Waals surface area (Å²) in [5, 5.41) is 4.08. The van der Waals surface area contributed by atoms with E-state index in [-0.39, 0.29) is 11.1 Å². The van der Waals surface area contributed by atoms with E-state index >= 15 is 0 Å². The van der Waals surface area contributed by atoms with Crippen LogP contribution in [-0.2, 0) is 6.18 Å². The number of hydrogen-bond acceptors (Lipinski definition) is 4. The molecule has 0 saturated heterocycles. The normalized spacial score (nSPS) is 11.9. The Morgan fingerprint density at radius 1 is 1.19 bits per heavy atom. The van der Waals surface area contributed by atoms with Crippen LogP contribution in [0.25, 0.3) is 11.3 Å². The average Bonchev–Trinajstić information content (AvgIpc) is 2.59. The van der Waals surface area contributed by atoms with Crippen LogP contribution in [0.3, 0.4) is 0 Å². The van der Waals surface area contributed by atoms with Gasteiger partial charge in [0.1, 0.15) is 5.03 Å². The third-order valence-electron chi connectivity index (χ3n) is 4.11. The fourth-order valence-corrected chi connectivity index (χ4v) is 3.32. The molecule has 0 aliphatic rings. The van der Waals surface area contributed by atoms with Crippen LogP contribution in [0, 0.1) is 6.92 Å². The highest BCUT2D eigenvalue weighted by Gasteiger charge is 2.31. The largest absolute Gasteiger partial charge is 0.416 e. The van der Waals surface area contributed by atoms with Crippen molar-refractivity contribution in [2.24, 2.45) is 0 Å². The van der Waals surface area contributed by atoms with Crippen molar-refractivity contribution in [3.63, 3.8) is 0 Å². The number of hydrogen-bond donors (Lipinski definition) is 1. The molecule has 1 heterocycles. The molecule has 2 aromatic rings. The third kappa shape index (κ3) is 4.62. The maximum atomic E-state index is 12.8. The number of nitrogens with one attached hydrogen (secondary N) is 1. The Kier molecular flexibility index (Phi) is 6.80. The molecule has 0 fully saturated rings. The van der Waals surface area contributed by atoms with Gasteiger partial charge < -0.3 is 5.32 Å². The van der Waals surface area contributed by atoms with Crippen molar-refractivity contribution in [2.75, 3.05) is 11.6 Å². The van der Waals surface area contributed by atoms with E-state index < -0.39 is 11.7 Å². The van der Waals surface area contributed by atoms with Gasteiger partial charge >= 0.3 is 6.18 Å². The zero-order chi connectivity index (χ0) is 19.5. The zero-order valence-corrected chi connectivity index (χ0v) is 16.6. The minimum atomic E-state index is -4.43. The first-order valence-electron chi connectivity index (χ1n) is 8.27. The van der Waals surface area contributed by atoms with E-state index in [1.807, 2.05) is 6.26 Å². The molecule has 0 atom stereocenters. The summed E-state index contributed by atoms with van der Waals surface area (Å²) < 4.78 is 38.5. The monoisotopic (exact) mass is 403 g/mol. The van der Waals surface area contributed by atoms with Gasteiger partial charge in [0.25, 0.3) is 0 Å². The molecule has 0 amide bonds. The summed E-state index contributed by atoms with van der Waals surface area (Å²) in [7, 11) is 0. The lowest BCUT2D eigenvalue weighted by Crippen LogP contribution is -2.19. The van der Waals surface area contributed by atoms with Crippen molar-refractivity contribution in [1.29, 1.82) is 0 Å². The average molecular weight is 404 g/mol. The lowest BCUT2D eigenvalue weighted by molar-refractivity contribution is -0.137. The summed E-state index contributed by atoms with van der Waals surface area (Å²) in [6, 6.07) is 3.57. The number of benzene rings is 1. The van der Waals surface area contributed by atoms with E-state index in [0.29, 0.717) is 27.8 Å². The lowest BCUT2D eigenvalue weighted by atomic mass is 10.1. The molecule has 0 bridgehead atoms. The van der Waals surface area contributed by atoms with E-state index in [1.54, 1.807) is 6.92 Å². The predicted molar refractivity (Wildman–Crippen MR) is 102 cm³/mol. The van der Waals surface area contributed by atoms with E-state index in [9.17, 15) is 13.2 Å². The van der Waals surface area contributed by atoms with Gasteiger partial charge in [0, 0.05) is 11.6 Å². The van der Waals surface area contributed by atoms with Crippen LogP contribution in [0.5, 0.6) is 0 Å². The topological polar surface area (TPSA) is 37.8 Å². The maximum Gasteiger partial charge on any atom is 0.416 e. The number of rotatable bonds is 6. The Morgan fingerprint density at radius 3 is 2.35 bits per heavy atom. The van der Waals surface area contributed by atoms with Crippen LogP contribution in [0.2, 0.25) is 5.02 Å². The van der Waals surface area contributed by atoms with E-state index in [0.717, 1.165) is 25.0 Å². The predicted octanol–water partition coefficient (Wildman–Crippen LogP) is 6.45. The van der Waals surface area contributed by atoms with Gasteiger partial charge in [-0.25, -0.2) is 9.97 Å². The zero-order valence-electron chi connectivity index (χ0n) is 15.0. The van der Waals surface area contributed by atoms with Gasteiger partial charge in [0.2, 0.25) is 0 Å². The summed E-state index contributed by atoms with van der Waals surface area (Å²) in [5.41, 5.74) is 0.754. The van der Waals surface area contributed by atoms with E-state index in [2.05, 4.69) is 29.1 Å². The Hall–Kier alpha value is -1.47. The first kappa shape index (κ1) is 20.8. The van der Waals surface area contributed by atoms with Gasteiger partial charge in [0.05, 0.1) is 22.0 Å². The summed E-state index contributed by atoms with van der Waals surface area (Å²) >= 11 is 7.55. The molecule has 0 aliphatic heterocycles. The van der Waals surface area contributed by atoms with Crippen molar-refractivity contribution in [1.82, 2.24) is 9.97 Å². The van der Waals surface area contributed by atoms with Crippen LogP contribution in [0.15, 0.2) is 23.2 Å². The summed E-state index contributed by atoms with van der Waals surface area (Å²) in [6.07, 6.45) is -0.638. The summed E-state index contributed by atoms with van der Waals surface area (Å²) in [6.45, 7) is 5.96. The molecular formula is C18H21ClF3N3S. The van der Waals surface area contributed by atoms with E-state index in [1.165, 1.54) is 17.8 Å². The second-order valence-corrected chi connectivity index (χ2v) is 7.07. The van der Waals surface area contributed by atoms with E-state index in [4.69, 9.17) is 11.6 Å². The number of anilines is 1. The molecule has 0 saturated carbocycles. The van der Waals surface area contributed by atoms with Gasteiger partial charge in [-0.15, -0.1) is 11.8 Å². The van der Waals surface area contributed by atoms with Crippen molar-refractivity contribution in [3.8, 4) is 11.3 Å². The molecule has 0 radical (unpaired) electrons. The third-order valence-corrected chi connectivity index (χ3v) is 5.09. The van der Waals surface area contributed by atoms with Crippen molar-refractivity contribution >= 4 is 29.2 Å². The van der Waals surface area contributed by atoms with Gasteiger partial charge in [-0.2, -0.15) is 13.2 Å². The lowest BCUT2D eigenvalue weighted by Gasteiger charge is -2.19. The number of alkyl halides is 3. The first-order valence-corrected chi connectivity index (χ1v) is 9.87. The molecule has 0 unspecified atom stereocenters. The van der Waals surface area contributed by atoms with Crippen molar-refractivity contribution in [2.45, 2.75) is 50.9 Å². The minimum absolute atomic E-state index is 0.00461.